The summed E-state index contributed by atoms with van der Waals surface area (Å²) in [6, 6.07) is 4.27. The zero-order valence-electron chi connectivity index (χ0n) is 16.8. The van der Waals surface area contributed by atoms with Gasteiger partial charge in [-0.3, -0.25) is 4.99 Å². The number of nitrogens with one attached hydrogen (secondary N) is 2. The molecule has 2 fully saturated rings. The highest BCUT2D eigenvalue weighted by molar-refractivity contribution is 5.79. The van der Waals surface area contributed by atoms with Crippen LogP contribution >= 0.6 is 0 Å². The van der Waals surface area contributed by atoms with Crippen molar-refractivity contribution >= 4 is 11.8 Å². The first kappa shape index (κ1) is 19.9. The summed E-state index contributed by atoms with van der Waals surface area (Å²) in [6.07, 6.45) is 12.7. The molecule has 1 aromatic heterocycles. The van der Waals surface area contributed by atoms with Crippen LogP contribution in [0.25, 0.3) is 0 Å². The number of nitrogens with zero attached hydrogens (tertiary/aromatic N) is 3. The maximum absolute atomic E-state index is 6.02. The van der Waals surface area contributed by atoms with Gasteiger partial charge in [-0.2, -0.15) is 0 Å². The summed E-state index contributed by atoms with van der Waals surface area (Å²) >= 11 is 0. The van der Waals surface area contributed by atoms with Crippen molar-refractivity contribution in [1.82, 2.24) is 15.6 Å². The second-order valence-electron chi connectivity index (χ2n) is 7.56. The van der Waals surface area contributed by atoms with Crippen molar-refractivity contribution in [2.75, 3.05) is 38.2 Å². The van der Waals surface area contributed by atoms with Gasteiger partial charge in [0.05, 0.1) is 12.7 Å². The Hall–Kier alpha value is -1.82. The molecule has 27 heavy (non-hydrogen) atoms. The fourth-order valence-corrected chi connectivity index (χ4v) is 3.86. The SMILES string of the molecule is CN=C(NCCOC1CCCCCC1)NCc1ccc(N2CCCC2)nc1. The van der Waals surface area contributed by atoms with E-state index in [-0.39, 0.29) is 0 Å². The van der Waals surface area contributed by atoms with Crippen LogP contribution in [0.3, 0.4) is 0 Å². The van der Waals surface area contributed by atoms with Crippen molar-refractivity contribution in [2.24, 2.45) is 4.99 Å². The molecule has 1 aliphatic heterocycles. The second kappa shape index (κ2) is 11.1. The van der Waals surface area contributed by atoms with Crippen LogP contribution in [0.5, 0.6) is 0 Å². The molecule has 6 heteroatoms. The van der Waals surface area contributed by atoms with Gasteiger partial charge in [-0.25, -0.2) is 4.98 Å². The molecule has 1 aromatic rings. The van der Waals surface area contributed by atoms with Gasteiger partial charge in [0.25, 0.3) is 0 Å². The van der Waals surface area contributed by atoms with E-state index >= 15 is 0 Å². The van der Waals surface area contributed by atoms with Crippen LogP contribution in [-0.2, 0) is 11.3 Å². The van der Waals surface area contributed by atoms with Gasteiger partial charge in [-0.05, 0) is 37.3 Å². The molecule has 0 radical (unpaired) electrons. The summed E-state index contributed by atoms with van der Waals surface area (Å²) in [6.45, 7) is 4.49. The van der Waals surface area contributed by atoms with E-state index in [0.29, 0.717) is 6.10 Å². The average molecular weight is 374 g/mol. The Kier molecular flexibility index (Phi) is 8.21. The molecule has 0 bridgehead atoms. The van der Waals surface area contributed by atoms with Crippen LogP contribution in [-0.4, -0.2) is 50.3 Å². The van der Waals surface area contributed by atoms with Gasteiger partial charge in [0, 0.05) is 39.4 Å². The fourth-order valence-electron chi connectivity index (χ4n) is 3.86. The molecule has 0 aromatic carbocycles. The lowest BCUT2D eigenvalue weighted by atomic mass is 10.1. The molecule has 2 N–H and O–H groups in total. The van der Waals surface area contributed by atoms with Crippen LogP contribution in [0, 0.1) is 0 Å². The molecule has 1 saturated heterocycles. The molecule has 0 unspecified atom stereocenters. The van der Waals surface area contributed by atoms with Crippen molar-refractivity contribution < 1.29 is 4.74 Å². The molecular formula is C21H35N5O. The van der Waals surface area contributed by atoms with Crippen LogP contribution in [0.15, 0.2) is 23.3 Å². The third-order valence-corrected chi connectivity index (χ3v) is 5.47. The Bertz CT molecular complexity index is 560. The van der Waals surface area contributed by atoms with Gasteiger partial charge in [-0.15, -0.1) is 0 Å². The molecule has 3 rings (SSSR count). The van der Waals surface area contributed by atoms with Crippen LogP contribution in [0.2, 0.25) is 0 Å². The molecule has 150 valence electrons. The maximum atomic E-state index is 6.02. The van der Waals surface area contributed by atoms with E-state index in [1.165, 1.54) is 51.4 Å². The molecule has 2 aliphatic rings. The summed E-state index contributed by atoms with van der Waals surface area (Å²) < 4.78 is 6.02. The first-order chi connectivity index (χ1) is 13.3. The Morgan fingerprint density at radius 2 is 1.89 bits per heavy atom. The molecule has 0 atom stereocenters. The molecule has 1 aliphatic carbocycles. The van der Waals surface area contributed by atoms with Gasteiger partial charge in [0.2, 0.25) is 0 Å². The van der Waals surface area contributed by atoms with E-state index in [9.17, 15) is 0 Å². The number of aromatic nitrogens is 1. The fraction of sp³-hybridized carbons (Fsp3) is 0.714. The highest BCUT2D eigenvalue weighted by Gasteiger charge is 2.13. The summed E-state index contributed by atoms with van der Waals surface area (Å²) in [5.41, 5.74) is 1.16. The molecule has 1 saturated carbocycles. The van der Waals surface area contributed by atoms with Crippen molar-refractivity contribution in [2.45, 2.75) is 64.0 Å². The molecule has 6 nitrogen and oxygen atoms in total. The van der Waals surface area contributed by atoms with E-state index in [2.05, 4.69) is 37.6 Å². The number of anilines is 1. The van der Waals surface area contributed by atoms with Gasteiger partial charge in [-0.1, -0.05) is 31.7 Å². The van der Waals surface area contributed by atoms with E-state index < -0.39 is 0 Å². The zero-order valence-corrected chi connectivity index (χ0v) is 16.8. The zero-order chi connectivity index (χ0) is 18.7. The number of ether oxygens (including phenoxy) is 1. The summed E-state index contributed by atoms with van der Waals surface area (Å²) in [4.78, 5) is 11.3. The Balaban J connectivity index is 1.33. The number of hydrogen-bond acceptors (Lipinski definition) is 4. The van der Waals surface area contributed by atoms with Crippen LogP contribution in [0.4, 0.5) is 5.82 Å². The van der Waals surface area contributed by atoms with Gasteiger partial charge in [0.15, 0.2) is 5.96 Å². The minimum atomic E-state index is 0.449. The van der Waals surface area contributed by atoms with E-state index in [4.69, 9.17) is 4.74 Å². The first-order valence-electron chi connectivity index (χ1n) is 10.6. The average Bonchev–Trinajstić information content (AvgIpc) is 3.12. The Morgan fingerprint density at radius 3 is 2.56 bits per heavy atom. The lowest BCUT2D eigenvalue weighted by Gasteiger charge is -2.17. The van der Waals surface area contributed by atoms with Crippen molar-refractivity contribution in [1.29, 1.82) is 0 Å². The number of hydrogen-bond donors (Lipinski definition) is 2. The topological polar surface area (TPSA) is 61.8 Å². The quantitative estimate of drug-likeness (QED) is 0.333. The molecule has 2 heterocycles. The van der Waals surface area contributed by atoms with Crippen LogP contribution in [0.1, 0.15) is 56.9 Å². The standard InChI is InChI=1S/C21H35N5O/c1-22-21(23-12-15-27-19-8-4-2-3-5-9-19)25-17-18-10-11-20(24-16-18)26-13-6-7-14-26/h10-11,16,19H,2-9,12-15,17H2,1H3,(H2,22,23,25). The van der Waals surface area contributed by atoms with Crippen LogP contribution < -0.4 is 15.5 Å². The van der Waals surface area contributed by atoms with Gasteiger partial charge in [0.1, 0.15) is 5.82 Å². The van der Waals surface area contributed by atoms with Gasteiger partial charge >= 0.3 is 0 Å². The van der Waals surface area contributed by atoms with Gasteiger partial charge < -0.3 is 20.3 Å². The minimum absolute atomic E-state index is 0.449. The second-order valence-corrected chi connectivity index (χ2v) is 7.56. The van der Waals surface area contributed by atoms with E-state index in [1.807, 2.05) is 6.20 Å². The number of pyridine rings is 1. The predicted octanol–water partition coefficient (Wildman–Crippen LogP) is 3.09. The van der Waals surface area contributed by atoms with E-state index in [1.54, 1.807) is 7.05 Å². The smallest absolute Gasteiger partial charge is 0.191 e. The van der Waals surface area contributed by atoms with Crippen molar-refractivity contribution in [3.8, 4) is 0 Å². The number of guanidine groups is 1. The van der Waals surface area contributed by atoms with E-state index in [0.717, 1.165) is 50.1 Å². The molecular weight excluding hydrogens is 338 g/mol. The number of rotatable bonds is 7. The lowest BCUT2D eigenvalue weighted by molar-refractivity contribution is 0.0468. The summed E-state index contributed by atoms with van der Waals surface area (Å²) in [5.74, 6) is 1.90. The Morgan fingerprint density at radius 1 is 1.11 bits per heavy atom. The number of aliphatic imine (C=N–C) groups is 1. The third-order valence-electron chi connectivity index (χ3n) is 5.47. The molecule has 0 amide bonds. The highest BCUT2D eigenvalue weighted by Crippen LogP contribution is 2.19. The first-order valence-corrected chi connectivity index (χ1v) is 10.6. The normalized spacial score (nSPS) is 19.1. The summed E-state index contributed by atoms with van der Waals surface area (Å²) in [7, 11) is 1.80. The predicted molar refractivity (Wildman–Crippen MR) is 111 cm³/mol. The monoisotopic (exact) mass is 373 g/mol. The Labute approximate surface area is 163 Å². The third kappa shape index (κ3) is 6.69. The lowest BCUT2D eigenvalue weighted by Crippen LogP contribution is -2.39. The maximum Gasteiger partial charge on any atom is 0.191 e. The molecule has 0 spiro atoms. The largest absolute Gasteiger partial charge is 0.376 e. The minimum Gasteiger partial charge on any atom is -0.376 e. The van der Waals surface area contributed by atoms with Crippen molar-refractivity contribution in [3.63, 3.8) is 0 Å². The highest BCUT2D eigenvalue weighted by atomic mass is 16.5. The van der Waals surface area contributed by atoms with Crippen molar-refractivity contribution in [3.05, 3.63) is 23.9 Å². The summed E-state index contributed by atoms with van der Waals surface area (Å²) in [5, 5.41) is 6.69.